The van der Waals surface area contributed by atoms with Gasteiger partial charge in [0.15, 0.2) is 5.78 Å². The molecule has 0 fully saturated rings. The van der Waals surface area contributed by atoms with Crippen LogP contribution in [0.15, 0.2) is 24.3 Å². The van der Waals surface area contributed by atoms with Crippen molar-refractivity contribution in [3.8, 4) is 5.75 Å². The quantitative estimate of drug-likeness (QED) is 0.603. The molecule has 1 aromatic rings. The predicted octanol–water partition coefficient (Wildman–Crippen LogP) is 0.361. The number of aliphatic hydroxyl groups is 1. The van der Waals surface area contributed by atoms with Crippen molar-refractivity contribution in [2.24, 2.45) is 5.73 Å². The Balaban J connectivity index is 2.42. The van der Waals surface area contributed by atoms with Crippen molar-refractivity contribution in [2.75, 3.05) is 13.2 Å². The van der Waals surface area contributed by atoms with Crippen LogP contribution < -0.4 is 10.5 Å². The van der Waals surface area contributed by atoms with Gasteiger partial charge in [-0.1, -0.05) is 12.1 Å². The Hall–Kier alpha value is -1.92. The van der Waals surface area contributed by atoms with Crippen molar-refractivity contribution in [2.45, 2.75) is 25.3 Å². The van der Waals surface area contributed by atoms with Crippen LogP contribution in [0.4, 0.5) is 0 Å². The van der Waals surface area contributed by atoms with Crippen LogP contribution in [-0.4, -0.2) is 41.2 Å². The summed E-state index contributed by atoms with van der Waals surface area (Å²) in [5.74, 6) is -0.578. The Morgan fingerprint density at radius 3 is 2.45 bits per heavy atom. The maximum Gasteiger partial charge on any atom is 0.320 e. The molecule has 110 valence electrons. The van der Waals surface area contributed by atoms with Gasteiger partial charge in [-0.2, -0.15) is 0 Å². The fraction of sp³-hybridized carbons (Fsp3) is 0.429. The average Bonchev–Trinajstić information content (AvgIpc) is 2.44. The number of benzene rings is 1. The summed E-state index contributed by atoms with van der Waals surface area (Å²) in [6.45, 7) is -0.0434. The number of ether oxygens (including phenoxy) is 1. The van der Waals surface area contributed by atoms with Gasteiger partial charge in [-0.25, -0.2) is 0 Å². The van der Waals surface area contributed by atoms with Crippen LogP contribution >= 0.6 is 0 Å². The van der Waals surface area contributed by atoms with E-state index in [-0.39, 0.29) is 25.4 Å². The molecule has 0 aliphatic heterocycles. The molecule has 0 aliphatic rings. The minimum atomic E-state index is -1.04. The third kappa shape index (κ3) is 5.81. The first-order valence-corrected chi connectivity index (χ1v) is 6.35. The van der Waals surface area contributed by atoms with E-state index in [0.717, 1.165) is 5.56 Å². The lowest BCUT2D eigenvalue weighted by molar-refractivity contribution is -0.138. The van der Waals surface area contributed by atoms with E-state index < -0.39 is 12.0 Å². The van der Waals surface area contributed by atoms with Gasteiger partial charge in [-0.05, 0) is 30.5 Å². The molecule has 20 heavy (non-hydrogen) atoms. The highest BCUT2D eigenvalue weighted by Crippen LogP contribution is 2.13. The molecule has 0 saturated heterocycles. The van der Waals surface area contributed by atoms with Gasteiger partial charge < -0.3 is 20.7 Å². The van der Waals surface area contributed by atoms with E-state index in [4.69, 9.17) is 20.7 Å². The molecule has 0 spiro atoms. The van der Waals surface area contributed by atoms with Gasteiger partial charge in [0.05, 0.1) is 0 Å². The summed E-state index contributed by atoms with van der Waals surface area (Å²) in [4.78, 5) is 22.0. The van der Waals surface area contributed by atoms with Crippen LogP contribution in [0, 0.1) is 0 Å². The van der Waals surface area contributed by atoms with Crippen LogP contribution in [0.2, 0.25) is 0 Å². The number of Topliss-reactive ketones (excluding diaryl/α,β-unsaturated/α-hetero) is 1. The maximum absolute atomic E-state index is 11.3. The first kappa shape index (κ1) is 16.1. The minimum absolute atomic E-state index is 0.00965. The smallest absolute Gasteiger partial charge is 0.320 e. The monoisotopic (exact) mass is 281 g/mol. The van der Waals surface area contributed by atoms with Crippen molar-refractivity contribution in [3.63, 3.8) is 0 Å². The van der Waals surface area contributed by atoms with E-state index in [1.165, 1.54) is 0 Å². The van der Waals surface area contributed by atoms with Crippen LogP contribution in [-0.2, 0) is 16.0 Å². The first-order valence-electron chi connectivity index (χ1n) is 6.35. The zero-order valence-corrected chi connectivity index (χ0v) is 11.1. The molecule has 6 heteroatoms. The van der Waals surface area contributed by atoms with Crippen molar-refractivity contribution in [1.29, 1.82) is 0 Å². The van der Waals surface area contributed by atoms with E-state index in [2.05, 4.69) is 0 Å². The maximum atomic E-state index is 11.3. The Morgan fingerprint density at radius 1 is 1.25 bits per heavy atom. The predicted molar refractivity (Wildman–Crippen MR) is 72.6 cm³/mol. The number of carboxylic acids is 1. The molecule has 0 amide bonds. The second-order valence-electron chi connectivity index (χ2n) is 4.45. The number of carbonyl (C=O) groups excluding carboxylic acids is 1. The van der Waals surface area contributed by atoms with E-state index in [0.29, 0.717) is 18.6 Å². The molecule has 0 unspecified atom stereocenters. The standard InChI is InChI=1S/C14H19NO5/c15-13(14(18)19)8-10-3-5-12(6-4-10)20-9-11(17)2-1-7-16/h3-6,13,16H,1-2,7-9,15H2,(H,18,19)/t13-/m0/s1. The lowest BCUT2D eigenvalue weighted by Gasteiger charge is -2.08. The zero-order chi connectivity index (χ0) is 15.0. The Labute approximate surface area is 117 Å². The fourth-order valence-electron chi connectivity index (χ4n) is 1.58. The summed E-state index contributed by atoms with van der Waals surface area (Å²) >= 11 is 0. The van der Waals surface area contributed by atoms with Gasteiger partial charge in [0.25, 0.3) is 0 Å². The van der Waals surface area contributed by atoms with E-state index >= 15 is 0 Å². The lowest BCUT2D eigenvalue weighted by atomic mass is 10.1. The molecule has 4 N–H and O–H groups in total. The van der Waals surface area contributed by atoms with E-state index in [1.807, 2.05) is 0 Å². The molecule has 1 rings (SSSR count). The number of aliphatic hydroxyl groups excluding tert-OH is 1. The number of carboxylic acid groups (broad SMARTS) is 1. The summed E-state index contributed by atoms with van der Waals surface area (Å²) in [5.41, 5.74) is 6.23. The number of hydrogen-bond acceptors (Lipinski definition) is 5. The normalized spacial score (nSPS) is 11.9. The van der Waals surface area contributed by atoms with Gasteiger partial charge in [0, 0.05) is 13.0 Å². The number of carbonyl (C=O) groups is 2. The van der Waals surface area contributed by atoms with Crippen LogP contribution in [0.1, 0.15) is 18.4 Å². The highest BCUT2D eigenvalue weighted by molar-refractivity contribution is 5.79. The summed E-state index contributed by atoms with van der Waals surface area (Å²) in [6.07, 6.45) is 0.974. The second kappa shape index (κ2) is 8.29. The van der Waals surface area contributed by atoms with Crippen molar-refractivity contribution in [3.05, 3.63) is 29.8 Å². The summed E-state index contributed by atoms with van der Waals surface area (Å²) < 4.78 is 5.29. The molecule has 6 nitrogen and oxygen atoms in total. The average molecular weight is 281 g/mol. The fourth-order valence-corrected chi connectivity index (χ4v) is 1.58. The minimum Gasteiger partial charge on any atom is -0.486 e. The van der Waals surface area contributed by atoms with Crippen LogP contribution in [0.3, 0.4) is 0 Å². The molecule has 0 bridgehead atoms. The van der Waals surface area contributed by atoms with Gasteiger partial charge >= 0.3 is 5.97 Å². The van der Waals surface area contributed by atoms with Crippen LogP contribution in [0.5, 0.6) is 5.75 Å². The third-order valence-electron chi connectivity index (χ3n) is 2.71. The van der Waals surface area contributed by atoms with Gasteiger partial charge in [0.2, 0.25) is 0 Å². The Bertz CT molecular complexity index is 443. The van der Waals surface area contributed by atoms with Gasteiger partial charge in [-0.3, -0.25) is 9.59 Å². The SMILES string of the molecule is N[C@@H](Cc1ccc(OCC(=O)CCCO)cc1)C(=O)O. The van der Waals surface area contributed by atoms with E-state index in [9.17, 15) is 9.59 Å². The first-order chi connectivity index (χ1) is 9.52. The number of hydrogen-bond donors (Lipinski definition) is 3. The molecule has 0 saturated carbocycles. The van der Waals surface area contributed by atoms with Crippen molar-refractivity contribution >= 4 is 11.8 Å². The highest BCUT2D eigenvalue weighted by atomic mass is 16.5. The number of nitrogens with two attached hydrogens (primary N) is 1. The highest BCUT2D eigenvalue weighted by Gasteiger charge is 2.12. The summed E-state index contributed by atoms with van der Waals surface area (Å²) in [5, 5.41) is 17.3. The van der Waals surface area contributed by atoms with E-state index in [1.54, 1.807) is 24.3 Å². The van der Waals surface area contributed by atoms with Crippen LogP contribution in [0.25, 0.3) is 0 Å². The van der Waals surface area contributed by atoms with Crippen molar-refractivity contribution < 1.29 is 24.5 Å². The molecule has 1 aromatic carbocycles. The Morgan fingerprint density at radius 2 is 1.90 bits per heavy atom. The molecule has 0 aromatic heterocycles. The molecule has 0 aliphatic carbocycles. The largest absolute Gasteiger partial charge is 0.486 e. The Kier molecular flexibility index (Phi) is 6.69. The molecular weight excluding hydrogens is 262 g/mol. The van der Waals surface area contributed by atoms with Crippen molar-refractivity contribution in [1.82, 2.24) is 0 Å². The lowest BCUT2D eigenvalue weighted by Crippen LogP contribution is -2.32. The molecule has 0 heterocycles. The summed E-state index contributed by atoms with van der Waals surface area (Å²) in [6, 6.07) is 5.85. The molecular formula is C14H19NO5. The van der Waals surface area contributed by atoms with Gasteiger partial charge in [-0.15, -0.1) is 0 Å². The van der Waals surface area contributed by atoms with Gasteiger partial charge in [0.1, 0.15) is 18.4 Å². The molecule has 0 radical (unpaired) electrons. The second-order valence-corrected chi connectivity index (χ2v) is 4.45. The number of aliphatic carboxylic acids is 1. The zero-order valence-electron chi connectivity index (χ0n) is 11.1. The topological polar surface area (TPSA) is 110 Å². The molecule has 1 atom stereocenters. The number of rotatable bonds is 9. The number of ketones is 1. The third-order valence-corrected chi connectivity index (χ3v) is 2.71. The summed E-state index contributed by atoms with van der Waals surface area (Å²) in [7, 11) is 0.